The lowest BCUT2D eigenvalue weighted by Crippen LogP contribution is -2.39. The van der Waals surface area contributed by atoms with Gasteiger partial charge in [0.2, 0.25) is 0 Å². The van der Waals surface area contributed by atoms with E-state index in [0.29, 0.717) is 12.1 Å². The number of aromatic nitrogens is 1. The van der Waals surface area contributed by atoms with Crippen molar-refractivity contribution >= 4 is 10.9 Å². The summed E-state index contributed by atoms with van der Waals surface area (Å²) in [6.45, 7) is 4.11. The van der Waals surface area contributed by atoms with Crippen molar-refractivity contribution in [1.82, 2.24) is 10.3 Å². The molecule has 0 amide bonds. The second kappa shape index (κ2) is 7.01. The van der Waals surface area contributed by atoms with Crippen molar-refractivity contribution in [3.63, 3.8) is 0 Å². The van der Waals surface area contributed by atoms with Crippen LogP contribution in [0.3, 0.4) is 0 Å². The van der Waals surface area contributed by atoms with Crippen LogP contribution in [-0.2, 0) is 11.2 Å². The Bertz CT molecular complexity index is 579. The van der Waals surface area contributed by atoms with Crippen molar-refractivity contribution in [3.05, 3.63) is 42.1 Å². The lowest BCUT2D eigenvalue weighted by molar-refractivity contribution is 0.000118. The van der Waals surface area contributed by atoms with Crippen molar-refractivity contribution < 1.29 is 4.74 Å². The summed E-state index contributed by atoms with van der Waals surface area (Å²) in [6, 6.07) is 11.2. The summed E-state index contributed by atoms with van der Waals surface area (Å²) in [5, 5.41) is 4.92. The Morgan fingerprint density at radius 3 is 3.10 bits per heavy atom. The lowest BCUT2D eigenvalue weighted by atomic mass is 10.0. The highest BCUT2D eigenvalue weighted by atomic mass is 16.5. The third-order valence-electron chi connectivity index (χ3n) is 4.37. The molecule has 3 nitrogen and oxygen atoms in total. The Balaban J connectivity index is 1.57. The highest BCUT2D eigenvalue weighted by molar-refractivity contribution is 5.81. The SMILES string of the molecule is CCC1CC(NCCc2cccc3cccnc23)CCO1. The Hall–Kier alpha value is -1.45. The van der Waals surface area contributed by atoms with Crippen LogP contribution in [0.25, 0.3) is 10.9 Å². The van der Waals surface area contributed by atoms with E-state index >= 15 is 0 Å². The van der Waals surface area contributed by atoms with Crippen molar-refractivity contribution in [2.45, 2.75) is 44.8 Å². The highest BCUT2D eigenvalue weighted by Crippen LogP contribution is 2.18. The molecule has 1 N–H and O–H groups in total. The number of rotatable bonds is 5. The second-order valence-corrected chi connectivity index (χ2v) is 5.82. The predicted octanol–water partition coefficient (Wildman–Crippen LogP) is 3.32. The van der Waals surface area contributed by atoms with Crippen LogP contribution in [0, 0.1) is 0 Å². The van der Waals surface area contributed by atoms with E-state index < -0.39 is 0 Å². The second-order valence-electron chi connectivity index (χ2n) is 5.82. The summed E-state index contributed by atoms with van der Waals surface area (Å²) in [7, 11) is 0. The Morgan fingerprint density at radius 2 is 2.19 bits per heavy atom. The maximum Gasteiger partial charge on any atom is 0.0734 e. The Labute approximate surface area is 126 Å². The molecule has 0 aliphatic carbocycles. The zero-order valence-electron chi connectivity index (χ0n) is 12.7. The van der Waals surface area contributed by atoms with Crippen LogP contribution in [0.2, 0.25) is 0 Å². The van der Waals surface area contributed by atoms with Crippen molar-refractivity contribution in [2.75, 3.05) is 13.2 Å². The van der Waals surface area contributed by atoms with E-state index in [2.05, 4.69) is 41.5 Å². The molecule has 2 heterocycles. The first-order valence-electron chi connectivity index (χ1n) is 8.04. The van der Waals surface area contributed by atoms with Crippen molar-refractivity contribution in [1.29, 1.82) is 0 Å². The van der Waals surface area contributed by atoms with E-state index in [4.69, 9.17) is 4.74 Å². The topological polar surface area (TPSA) is 34.2 Å². The van der Waals surface area contributed by atoms with E-state index in [1.807, 2.05) is 12.3 Å². The molecule has 0 saturated carbocycles. The van der Waals surface area contributed by atoms with E-state index in [1.165, 1.54) is 10.9 Å². The first-order valence-corrected chi connectivity index (χ1v) is 8.04. The van der Waals surface area contributed by atoms with Crippen LogP contribution in [0.1, 0.15) is 31.7 Å². The van der Waals surface area contributed by atoms with Crippen LogP contribution in [0.4, 0.5) is 0 Å². The third-order valence-corrected chi connectivity index (χ3v) is 4.37. The van der Waals surface area contributed by atoms with Gasteiger partial charge in [0, 0.05) is 24.2 Å². The molecule has 1 saturated heterocycles. The van der Waals surface area contributed by atoms with Crippen LogP contribution in [0.5, 0.6) is 0 Å². The molecule has 0 radical (unpaired) electrons. The fourth-order valence-electron chi connectivity index (χ4n) is 3.13. The van der Waals surface area contributed by atoms with Gasteiger partial charge in [-0.3, -0.25) is 4.98 Å². The molecule has 2 aromatic rings. The molecule has 1 aliphatic rings. The first-order chi connectivity index (χ1) is 10.4. The third kappa shape index (κ3) is 3.60. The molecular formula is C18H24N2O. The summed E-state index contributed by atoms with van der Waals surface area (Å²) >= 11 is 0. The molecule has 2 unspecified atom stereocenters. The summed E-state index contributed by atoms with van der Waals surface area (Å²) < 4.78 is 5.73. The minimum atomic E-state index is 0.440. The minimum Gasteiger partial charge on any atom is -0.378 e. The fraction of sp³-hybridized carbons (Fsp3) is 0.500. The molecule has 1 aromatic carbocycles. The number of ether oxygens (including phenoxy) is 1. The molecule has 112 valence electrons. The molecule has 1 fully saturated rings. The molecule has 3 rings (SSSR count). The molecule has 1 aliphatic heterocycles. The molecular weight excluding hydrogens is 260 g/mol. The number of hydrogen-bond donors (Lipinski definition) is 1. The molecule has 21 heavy (non-hydrogen) atoms. The average Bonchev–Trinajstić information content (AvgIpc) is 2.55. The standard InChI is InChI=1S/C18H24N2O/c1-2-17-13-16(9-12-21-17)19-11-8-15-6-3-5-14-7-4-10-20-18(14)15/h3-7,10,16-17,19H,2,8-9,11-13H2,1H3. The minimum absolute atomic E-state index is 0.440. The average molecular weight is 284 g/mol. The smallest absolute Gasteiger partial charge is 0.0734 e. The van der Waals surface area contributed by atoms with Gasteiger partial charge in [-0.05, 0) is 43.9 Å². The monoisotopic (exact) mass is 284 g/mol. The number of nitrogens with zero attached hydrogens (tertiary/aromatic N) is 1. The zero-order chi connectivity index (χ0) is 14.5. The number of fused-ring (bicyclic) bond motifs is 1. The van der Waals surface area contributed by atoms with Gasteiger partial charge in [-0.15, -0.1) is 0 Å². The van der Waals surface area contributed by atoms with Crippen molar-refractivity contribution in [3.8, 4) is 0 Å². The molecule has 3 heteroatoms. The molecule has 0 spiro atoms. The number of benzene rings is 1. The summed E-state index contributed by atoms with van der Waals surface area (Å²) in [6.07, 6.45) is 6.74. The molecule has 2 atom stereocenters. The Morgan fingerprint density at radius 1 is 1.29 bits per heavy atom. The fourth-order valence-corrected chi connectivity index (χ4v) is 3.13. The maximum absolute atomic E-state index is 5.73. The lowest BCUT2D eigenvalue weighted by Gasteiger charge is -2.29. The van der Waals surface area contributed by atoms with Crippen LogP contribution >= 0.6 is 0 Å². The summed E-state index contributed by atoms with van der Waals surface area (Å²) in [5.74, 6) is 0. The first kappa shape index (κ1) is 14.5. The molecule has 0 bridgehead atoms. The largest absolute Gasteiger partial charge is 0.378 e. The van der Waals surface area contributed by atoms with Gasteiger partial charge in [0.15, 0.2) is 0 Å². The summed E-state index contributed by atoms with van der Waals surface area (Å²) in [4.78, 5) is 4.52. The highest BCUT2D eigenvalue weighted by Gasteiger charge is 2.20. The van der Waals surface area contributed by atoms with E-state index in [-0.39, 0.29) is 0 Å². The van der Waals surface area contributed by atoms with Gasteiger partial charge >= 0.3 is 0 Å². The number of hydrogen-bond acceptors (Lipinski definition) is 3. The normalized spacial score (nSPS) is 22.5. The van der Waals surface area contributed by atoms with Gasteiger partial charge in [-0.2, -0.15) is 0 Å². The zero-order valence-corrected chi connectivity index (χ0v) is 12.7. The predicted molar refractivity (Wildman–Crippen MR) is 86.5 cm³/mol. The summed E-state index contributed by atoms with van der Waals surface area (Å²) in [5.41, 5.74) is 2.47. The quantitative estimate of drug-likeness (QED) is 0.914. The van der Waals surface area contributed by atoms with Gasteiger partial charge in [-0.1, -0.05) is 31.2 Å². The van der Waals surface area contributed by atoms with Crippen LogP contribution < -0.4 is 5.32 Å². The van der Waals surface area contributed by atoms with Crippen molar-refractivity contribution in [2.24, 2.45) is 0 Å². The number of para-hydroxylation sites is 1. The van der Waals surface area contributed by atoms with Gasteiger partial charge < -0.3 is 10.1 Å². The molecule has 1 aromatic heterocycles. The van der Waals surface area contributed by atoms with Gasteiger partial charge in [0.1, 0.15) is 0 Å². The van der Waals surface area contributed by atoms with Gasteiger partial charge in [0.05, 0.1) is 11.6 Å². The van der Waals surface area contributed by atoms with Gasteiger partial charge in [-0.25, -0.2) is 0 Å². The van der Waals surface area contributed by atoms with Crippen LogP contribution in [-0.4, -0.2) is 30.3 Å². The van der Waals surface area contributed by atoms with E-state index in [0.717, 1.165) is 44.4 Å². The van der Waals surface area contributed by atoms with Crippen LogP contribution in [0.15, 0.2) is 36.5 Å². The number of nitrogens with one attached hydrogen (secondary N) is 1. The van der Waals surface area contributed by atoms with E-state index in [9.17, 15) is 0 Å². The van der Waals surface area contributed by atoms with Gasteiger partial charge in [0.25, 0.3) is 0 Å². The number of pyridine rings is 1. The maximum atomic E-state index is 5.73. The Kier molecular flexibility index (Phi) is 4.84. The van der Waals surface area contributed by atoms with E-state index in [1.54, 1.807) is 0 Å².